The lowest BCUT2D eigenvalue weighted by Gasteiger charge is -2.14. The molecule has 2 aromatic carbocycles. The van der Waals surface area contributed by atoms with E-state index in [0.29, 0.717) is 17.5 Å². The second kappa shape index (κ2) is 7.14. The Morgan fingerprint density at radius 2 is 1.77 bits per heavy atom. The molecule has 0 aliphatic carbocycles. The van der Waals surface area contributed by atoms with Gasteiger partial charge < -0.3 is 23.5 Å². The van der Waals surface area contributed by atoms with Crippen molar-refractivity contribution in [3.63, 3.8) is 0 Å². The van der Waals surface area contributed by atoms with Crippen LogP contribution in [0.15, 0.2) is 47.2 Å². The molecule has 0 N–H and O–H groups in total. The van der Waals surface area contributed by atoms with E-state index in [2.05, 4.69) is 30.7 Å². The molecular weight excluding hydrogens is 382 g/mol. The molecule has 8 nitrogen and oxygen atoms in total. The van der Waals surface area contributed by atoms with Gasteiger partial charge in [-0.1, -0.05) is 5.16 Å². The van der Waals surface area contributed by atoms with Gasteiger partial charge in [-0.05, 0) is 62.3 Å². The largest absolute Gasteiger partial charge is 0.454 e. The maximum absolute atomic E-state index is 5.49. The topological polar surface area (TPSA) is 78.4 Å². The Morgan fingerprint density at radius 1 is 0.900 bits per heavy atom. The molecular formula is C22H21N5O3. The van der Waals surface area contributed by atoms with Gasteiger partial charge in [0.2, 0.25) is 12.6 Å². The summed E-state index contributed by atoms with van der Waals surface area (Å²) in [7, 11) is 0. The van der Waals surface area contributed by atoms with Crippen LogP contribution in [0.4, 0.5) is 0 Å². The molecule has 0 amide bonds. The Bertz CT molecular complexity index is 1210. The van der Waals surface area contributed by atoms with Gasteiger partial charge in [0.1, 0.15) is 0 Å². The molecule has 30 heavy (non-hydrogen) atoms. The zero-order valence-electron chi connectivity index (χ0n) is 16.5. The number of fused-ring (bicyclic) bond motifs is 2. The average molecular weight is 403 g/mol. The third-order valence-electron chi connectivity index (χ3n) is 5.78. The van der Waals surface area contributed by atoms with Crippen LogP contribution < -0.4 is 9.47 Å². The van der Waals surface area contributed by atoms with Crippen LogP contribution in [0.25, 0.3) is 33.9 Å². The summed E-state index contributed by atoms with van der Waals surface area (Å²) in [6.07, 6.45) is 4.54. The molecule has 6 rings (SSSR count). The summed E-state index contributed by atoms with van der Waals surface area (Å²) in [4.78, 5) is 11.7. The van der Waals surface area contributed by atoms with Gasteiger partial charge >= 0.3 is 0 Å². The van der Waals surface area contributed by atoms with E-state index in [1.165, 1.54) is 25.9 Å². The van der Waals surface area contributed by atoms with Gasteiger partial charge in [0.05, 0.1) is 17.4 Å². The minimum absolute atomic E-state index is 0.235. The number of rotatable bonds is 5. The van der Waals surface area contributed by atoms with E-state index in [1.807, 2.05) is 36.7 Å². The maximum atomic E-state index is 5.49. The SMILES string of the molecule is c1cc2c(cc1-c1noc(-c3ccc4c(c3)OCO4)n1)ncn2CCN1CCCC1. The number of imidazole rings is 1. The Balaban J connectivity index is 1.24. The lowest BCUT2D eigenvalue weighted by Crippen LogP contribution is -2.23. The zero-order chi connectivity index (χ0) is 19.9. The fraction of sp³-hybridized carbons (Fsp3) is 0.318. The van der Waals surface area contributed by atoms with E-state index < -0.39 is 0 Å². The maximum Gasteiger partial charge on any atom is 0.258 e. The Hall–Kier alpha value is -3.39. The van der Waals surface area contributed by atoms with Gasteiger partial charge in [0.25, 0.3) is 5.89 Å². The van der Waals surface area contributed by atoms with Crippen molar-refractivity contribution in [3.05, 3.63) is 42.7 Å². The first-order valence-corrected chi connectivity index (χ1v) is 10.2. The van der Waals surface area contributed by atoms with Crippen LogP contribution in [-0.2, 0) is 6.54 Å². The summed E-state index contributed by atoms with van der Waals surface area (Å²) >= 11 is 0. The quantitative estimate of drug-likeness (QED) is 0.504. The summed E-state index contributed by atoms with van der Waals surface area (Å²) in [5.41, 5.74) is 3.73. The highest BCUT2D eigenvalue weighted by Gasteiger charge is 2.18. The highest BCUT2D eigenvalue weighted by Crippen LogP contribution is 2.36. The highest BCUT2D eigenvalue weighted by atomic mass is 16.7. The number of hydrogen-bond acceptors (Lipinski definition) is 7. The normalized spacial score (nSPS) is 16.0. The number of aromatic nitrogens is 4. The predicted molar refractivity (Wildman–Crippen MR) is 110 cm³/mol. The van der Waals surface area contributed by atoms with E-state index in [1.54, 1.807) is 0 Å². The van der Waals surface area contributed by atoms with E-state index >= 15 is 0 Å². The van der Waals surface area contributed by atoms with E-state index in [9.17, 15) is 0 Å². The number of ether oxygens (including phenoxy) is 2. The average Bonchev–Trinajstić information content (AvgIpc) is 3.58. The molecule has 2 aliphatic heterocycles. The van der Waals surface area contributed by atoms with Crippen LogP contribution in [0.2, 0.25) is 0 Å². The Morgan fingerprint density at radius 3 is 2.70 bits per heavy atom. The van der Waals surface area contributed by atoms with Crippen LogP contribution >= 0.6 is 0 Å². The van der Waals surface area contributed by atoms with Gasteiger partial charge in [-0.25, -0.2) is 4.98 Å². The highest BCUT2D eigenvalue weighted by molar-refractivity contribution is 5.80. The smallest absolute Gasteiger partial charge is 0.258 e. The minimum atomic E-state index is 0.235. The standard InChI is InChI=1S/C22H21N5O3/c1-2-8-26(7-1)9-10-27-13-23-17-11-15(3-5-18(17)27)21-24-22(30-25-21)16-4-6-19-20(12-16)29-14-28-19/h3-6,11-13H,1-2,7-10,14H2. The molecule has 4 heterocycles. The fourth-order valence-corrected chi connectivity index (χ4v) is 4.12. The van der Waals surface area contributed by atoms with E-state index in [-0.39, 0.29) is 6.79 Å². The first kappa shape index (κ1) is 17.5. The van der Waals surface area contributed by atoms with Crippen molar-refractivity contribution >= 4 is 11.0 Å². The van der Waals surface area contributed by atoms with Crippen LogP contribution in [0.1, 0.15) is 12.8 Å². The lowest BCUT2D eigenvalue weighted by molar-refractivity contribution is 0.174. The van der Waals surface area contributed by atoms with Gasteiger partial charge in [0, 0.05) is 24.2 Å². The van der Waals surface area contributed by atoms with Crippen molar-refractivity contribution in [2.45, 2.75) is 19.4 Å². The number of likely N-dealkylation sites (tertiary alicyclic amines) is 1. The molecule has 8 heteroatoms. The van der Waals surface area contributed by atoms with Crippen LogP contribution in [0.3, 0.4) is 0 Å². The van der Waals surface area contributed by atoms with Gasteiger partial charge in [-0.3, -0.25) is 0 Å². The summed E-state index contributed by atoms with van der Waals surface area (Å²) in [5, 5.41) is 4.16. The first-order chi connectivity index (χ1) is 14.8. The van der Waals surface area contributed by atoms with Gasteiger partial charge in [-0.15, -0.1) is 0 Å². The minimum Gasteiger partial charge on any atom is -0.454 e. The van der Waals surface area contributed by atoms with Crippen LogP contribution in [-0.4, -0.2) is 51.0 Å². The van der Waals surface area contributed by atoms with E-state index in [0.717, 1.165) is 41.0 Å². The van der Waals surface area contributed by atoms with Crippen LogP contribution in [0.5, 0.6) is 11.5 Å². The molecule has 1 saturated heterocycles. The first-order valence-electron chi connectivity index (χ1n) is 10.2. The molecule has 2 aliphatic rings. The summed E-state index contributed by atoms with van der Waals surface area (Å²) in [6.45, 7) is 4.67. The molecule has 0 spiro atoms. The summed E-state index contributed by atoms with van der Waals surface area (Å²) < 4.78 is 18.5. The third-order valence-corrected chi connectivity index (χ3v) is 5.78. The van der Waals surface area contributed by atoms with Crippen molar-refractivity contribution in [2.24, 2.45) is 0 Å². The second-order valence-electron chi connectivity index (χ2n) is 7.68. The van der Waals surface area contributed by atoms with E-state index in [4.69, 9.17) is 14.0 Å². The molecule has 152 valence electrons. The molecule has 0 unspecified atom stereocenters. The fourth-order valence-electron chi connectivity index (χ4n) is 4.12. The Labute approximate surface area is 173 Å². The Kier molecular flexibility index (Phi) is 4.16. The third kappa shape index (κ3) is 3.09. The van der Waals surface area contributed by atoms with Crippen molar-refractivity contribution in [1.82, 2.24) is 24.6 Å². The summed E-state index contributed by atoms with van der Waals surface area (Å²) in [5.74, 6) is 2.40. The predicted octanol–water partition coefficient (Wildman–Crippen LogP) is 3.58. The molecule has 2 aromatic heterocycles. The second-order valence-corrected chi connectivity index (χ2v) is 7.68. The number of nitrogens with zero attached hydrogens (tertiary/aromatic N) is 5. The molecule has 0 saturated carbocycles. The van der Waals surface area contributed by atoms with Crippen molar-refractivity contribution in [3.8, 4) is 34.3 Å². The van der Waals surface area contributed by atoms with Gasteiger partial charge in [0.15, 0.2) is 11.5 Å². The molecule has 0 bridgehead atoms. The van der Waals surface area contributed by atoms with Crippen molar-refractivity contribution < 1.29 is 14.0 Å². The van der Waals surface area contributed by atoms with Crippen LogP contribution in [0, 0.1) is 0 Å². The molecule has 4 aromatic rings. The summed E-state index contributed by atoms with van der Waals surface area (Å²) in [6, 6.07) is 11.7. The lowest BCUT2D eigenvalue weighted by atomic mass is 10.2. The monoisotopic (exact) mass is 403 g/mol. The molecule has 0 radical (unpaired) electrons. The number of hydrogen-bond donors (Lipinski definition) is 0. The zero-order valence-corrected chi connectivity index (χ0v) is 16.5. The van der Waals surface area contributed by atoms with Gasteiger partial charge in [-0.2, -0.15) is 4.98 Å². The molecule has 0 atom stereocenters. The van der Waals surface area contributed by atoms with Crippen molar-refractivity contribution in [2.75, 3.05) is 26.4 Å². The van der Waals surface area contributed by atoms with Crippen molar-refractivity contribution in [1.29, 1.82) is 0 Å². The molecule has 1 fully saturated rings. The number of benzene rings is 2.